The molecule has 2 rings (SSSR count). The number of hydrogen-bond donors (Lipinski definition) is 2. The Labute approximate surface area is 139 Å². The first-order valence-electron chi connectivity index (χ1n) is 7.83. The van der Waals surface area contributed by atoms with Crippen LogP contribution < -0.4 is 20.9 Å². The van der Waals surface area contributed by atoms with Crippen LogP contribution in [0.5, 0.6) is 11.5 Å². The highest BCUT2D eigenvalue weighted by Gasteiger charge is 2.28. The minimum absolute atomic E-state index is 0.311. The van der Waals surface area contributed by atoms with Gasteiger partial charge >= 0.3 is 0 Å². The molecule has 0 amide bonds. The van der Waals surface area contributed by atoms with E-state index in [0.29, 0.717) is 6.54 Å². The SMILES string of the molecule is CCC.COc1ccc(C(N)(CN)c2ccc(OC)cc2)cc1. The van der Waals surface area contributed by atoms with E-state index in [1.165, 1.54) is 6.42 Å². The Morgan fingerprint density at radius 3 is 1.30 bits per heavy atom. The molecule has 0 saturated heterocycles. The van der Waals surface area contributed by atoms with Crippen molar-refractivity contribution in [1.82, 2.24) is 0 Å². The molecule has 0 atom stereocenters. The molecule has 0 bridgehead atoms. The maximum atomic E-state index is 6.52. The largest absolute Gasteiger partial charge is 0.497 e. The first kappa shape index (κ1) is 19.0. The van der Waals surface area contributed by atoms with Crippen LogP contribution in [-0.2, 0) is 5.54 Å². The number of nitrogens with two attached hydrogens (primary N) is 2. The maximum Gasteiger partial charge on any atom is 0.118 e. The number of ether oxygens (including phenoxy) is 2. The van der Waals surface area contributed by atoms with Gasteiger partial charge in [0.1, 0.15) is 11.5 Å². The van der Waals surface area contributed by atoms with Gasteiger partial charge in [0, 0.05) is 6.54 Å². The molecular formula is C19H28N2O2. The Bertz CT molecular complexity index is 517. The third kappa shape index (κ3) is 4.71. The average Bonchev–Trinajstić information content (AvgIpc) is 2.62. The molecule has 23 heavy (non-hydrogen) atoms. The minimum Gasteiger partial charge on any atom is -0.497 e. The van der Waals surface area contributed by atoms with Crippen molar-refractivity contribution in [3.05, 3.63) is 59.7 Å². The molecule has 126 valence electrons. The van der Waals surface area contributed by atoms with Gasteiger partial charge in [-0.15, -0.1) is 0 Å². The summed E-state index contributed by atoms with van der Waals surface area (Å²) in [5.74, 6) is 1.59. The third-order valence-electron chi connectivity index (χ3n) is 3.53. The van der Waals surface area contributed by atoms with Crippen LogP contribution >= 0.6 is 0 Å². The highest BCUT2D eigenvalue weighted by Crippen LogP contribution is 2.28. The fraction of sp³-hybridized carbons (Fsp3) is 0.368. The first-order chi connectivity index (χ1) is 11.0. The summed E-state index contributed by atoms with van der Waals surface area (Å²) in [7, 11) is 3.27. The molecule has 0 heterocycles. The lowest BCUT2D eigenvalue weighted by Gasteiger charge is -2.29. The molecule has 2 aromatic rings. The average molecular weight is 316 g/mol. The smallest absolute Gasteiger partial charge is 0.118 e. The summed E-state index contributed by atoms with van der Waals surface area (Å²) < 4.78 is 10.3. The van der Waals surface area contributed by atoms with Crippen LogP contribution in [-0.4, -0.2) is 20.8 Å². The summed E-state index contributed by atoms with van der Waals surface area (Å²) in [5, 5.41) is 0. The molecule has 2 aromatic carbocycles. The molecular weight excluding hydrogens is 288 g/mol. The van der Waals surface area contributed by atoms with E-state index in [4.69, 9.17) is 20.9 Å². The van der Waals surface area contributed by atoms with E-state index in [9.17, 15) is 0 Å². The Morgan fingerprint density at radius 1 is 0.783 bits per heavy atom. The second kappa shape index (κ2) is 9.18. The topological polar surface area (TPSA) is 70.5 Å². The Morgan fingerprint density at radius 2 is 1.09 bits per heavy atom. The van der Waals surface area contributed by atoms with Crippen LogP contribution in [0.4, 0.5) is 0 Å². The van der Waals surface area contributed by atoms with Gasteiger partial charge in [0.2, 0.25) is 0 Å². The van der Waals surface area contributed by atoms with Crippen LogP contribution in [0, 0.1) is 0 Å². The predicted molar refractivity (Wildman–Crippen MR) is 96.0 cm³/mol. The summed E-state index contributed by atoms with van der Waals surface area (Å²) in [4.78, 5) is 0. The zero-order valence-corrected chi connectivity index (χ0v) is 14.5. The molecule has 0 spiro atoms. The van der Waals surface area contributed by atoms with E-state index in [0.717, 1.165) is 22.6 Å². The van der Waals surface area contributed by atoms with Crippen molar-refractivity contribution in [3.63, 3.8) is 0 Å². The van der Waals surface area contributed by atoms with Gasteiger partial charge in [-0.05, 0) is 35.4 Å². The lowest BCUT2D eigenvalue weighted by Crippen LogP contribution is -2.45. The highest BCUT2D eigenvalue weighted by atomic mass is 16.5. The van der Waals surface area contributed by atoms with Crippen LogP contribution in [0.2, 0.25) is 0 Å². The van der Waals surface area contributed by atoms with Gasteiger partial charge in [-0.2, -0.15) is 0 Å². The minimum atomic E-state index is -0.724. The standard InChI is InChI=1S/C16H20N2O2.C3H8/c1-19-14-7-3-12(4-8-14)16(18,11-17)13-5-9-15(20-2)10-6-13;1-3-2/h3-10H,11,17-18H2,1-2H3;3H2,1-2H3. The van der Waals surface area contributed by atoms with Crippen LogP contribution in [0.15, 0.2) is 48.5 Å². The van der Waals surface area contributed by atoms with E-state index < -0.39 is 5.54 Å². The molecule has 0 aliphatic carbocycles. The summed E-state index contributed by atoms with van der Waals surface area (Å²) in [6, 6.07) is 15.3. The zero-order chi connectivity index (χ0) is 17.3. The van der Waals surface area contributed by atoms with Crippen molar-refractivity contribution in [2.75, 3.05) is 20.8 Å². The molecule has 0 unspecified atom stereocenters. The van der Waals surface area contributed by atoms with Crippen molar-refractivity contribution in [2.24, 2.45) is 11.5 Å². The highest BCUT2D eigenvalue weighted by molar-refractivity contribution is 5.42. The molecule has 4 N–H and O–H groups in total. The van der Waals surface area contributed by atoms with Gasteiger partial charge in [-0.3, -0.25) is 0 Å². The lowest BCUT2D eigenvalue weighted by atomic mass is 9.84. The van der Waals surface area contributed by atoms with Gasteiger partial charge in [0.15, 0.2) is 0 Å². The van der Waals surface area contributed by atoms with Gasteiger partial charge in [0.25, 0.3) is 0 Å². The van der Waals surface area contributed by atoms with Crippen LogP contribution in [0.25, 0.3) is 0 Å². The number of hydrogen-bond acceptors (Lipinski definition) is 4. The van der Waals surface area contributed by atoms with Gasteiger partial charge in [-0.1, -0.05) is 44.5 Å². The summed E-state index contributed by atoms with van der Waals surface area (Å²) >= 11 is 0. The Hall–Kier alpha value is -2.04. The van der Waals surface area contributed by atoms with E-state index in [1.807, 2.05) is 48.5 Å². The first-order valence-corrected chi connectivity index (χ1v) is 7.83. The quantitative estimate of drug-likeness (QED) is 0.888. The van der Waals surface area contributed by atoms with Crippen molar-refractivity contribution in [1.29, 1.82) is 0 Å². The molecule has 0 radical (unpaired) electrons. The summed E-state index contributed by atoms with van der Waals surface area (Å²) in [6.45, 7) is 4.56. The summed E-state index contributed by atoms with van der Waals surface area (Å²) in [6.07, 6.45) is 1.25. The van der Waals surface area contributed by atoms with Crippen LogP contribution in [0.3, 0.4) is 0 Å². The normalized spacial score (nSPS) is 10.5. The fourth-order valence-corrected chi connectivity index (χ4v) is 2.18. The number of methoxy groups -OCH3 is 2. The number of benzene rings is 2. The molecule has 0 aromatic heterocycles. The van der Waals surface area contributed by atoms with Crippen molar-refractivity contribution in [3.8, 4) is 11.5 Å². The predicted octanol–water partition coefficient (Wildman–Crippen LogP) is 3.28. The fourth-order valence-electron chi connectivity index (χ4n) is 2.18. The van der Waals surface area contributed by atoms with E-state index >= 15 is 0 Å². The monoisotopic (exact) mass is 316 g/mol. The van der Waals surface area contributed by atoms with Crippen molar-refractivity contribution < 1.29 is 9.47 Å². The van der Waals surface area contributed by atoms with Gasteiger partial charge in [0.05, 0.1) is 19.8 Å². The summed E-state index contributed by atoms with van der Waals surface area (Å²) in [5.41, 5.74) is 13.6. The maximum absolute atomic E-state index is 6.52. The van der Waals surface area contributed by atoms with Crippen molar-refractivity contribution in [2.45, 2.75) is 25.8 Å². The second-order valence-electron chi connectivity index (χ2n) is 5.34. The van der Waals surface area contributed by atoms with E-state index in [1.54, 1.807) is 14.2 Å². The lowest BCUT2D eigenvalue weighted by molar-refractivity contribution is 0.413. The molecule has 0 saturated carbocycles. The Kier molecular flexibility index (Phi) is 7.59. The molecule has 0 aliphatic heterocycles. The van der Waals surface area contributed by atoms with Gasteiger partial charge < -0.3 is 20.9 Å². The molecule has 0 fully saturated rings. The van der Waals surface area contributed by atoms with E-state index in [2.05, 4.69) is 13.8 Å². The molecule has 4 nitrogen and oxygen atoms in total. The Balaban J connectivity index is 0.000000816. The van der Waals surface area contributed by atoms with Gasteiger partial charge in [-0.25, -0.2) is 0 Å². The molecule has 4 heteroatoms. The molecule has 0 aliphatic rings. The van der Waals surface area contributed by atoms with Crippen molar-refractivity contribution >= 4 is 0 Å². The zero-order valence-electron chi connectivity index (χ0n) is 14.5. The third-order valence-corrected chi connectivity index (χ3v) is 3.53. The second-order valence-corrected chi connectivity index (χ2v) is 5.34. The van der Waals surface area contributed by atoms with E-state index in [-0.39, 0.29) is 0 Å². The van der Waals surface area contributed by atoms with Crippen LogP contribution in [0.1, 0.15) is 31.4 Å². The number of rotatable bonds is 5.